The Hall–Kier alpha value is -2.48. The van der Waals surface area contributed by atoms with Crippen LogP contribution in [0.2, 0.25) is 0 Å². The summed E-state index contributed by atoms with van der Waals surface area (Å²) in [6.45, 7) is 3.48. The van der Waals surface area contributed by atoms with E-state index in [9.17, 15) is 20.0 Å². The first-order valence-corrected chi connectivity index (χ1v) is 6.43. The summed E-state index contributed by atoms with van der Waals surface area (Å²) in [5.74, 6) is -0.688. The maximum Gasteiger partial charge on any atom is 0.271 e. The SMILES string of the molecule is Cc1nc(C)c(C(=O)Nc2cc([N+](=O)[O-])ccc2O)s1. The molecule has 0 bridgehead atoms. The highest BCUT2D eigenvalue weighted by atomic mass is 32.1. The number of hydrogen-bond donors (Lipinski definition) is 2. The number of aromatic nitrogens is 1. The summed E-state index contributed by atoms with van der Waals surface area (Å²) >= 11 is 1.22. The highest BCUT2D eigenvalue weighted by Gasteiger charge is 2.17. The van der Waals surface area contributed by atoms with Crippen molar-refractivity contribution < 1.29 is 14.8 Å². The van der Waals surface area contributed by atoms with Gasteiger partial charge in [-0.1, -0.05) is 0 Å². The number of aryl methyl sites for hydroxylation is 2. The first-order valence-electron chi connectivity index (χ1n) is 5.61. The molecule has 1 aromatic carbocycles. The minimum absolute atomic E-state index is 0.00495. The molecule has 8 heteroatoms. The number of benzene rings is 1. The van der Waals surface area contributed by atoms with Crippen LogP contribution in [0.3, 0.4) is 0 Å². The van der Waals surface area contributed by atoms with Crippen molar-refractivity contribution in [3.8, 4) is 5.75 Å². The van der Waals surface area contributed by atoms with Crippen molar-refractivity contribution in [2.24, 2.45) is 0 Å². The number of thiazole rings is 1. The molecule has 0 spiro atoms. The number of non-ortho nitro benzene ring substituents is 1. The summed E-state index contributed by atoms with van der Waals surface area (Å²) in [6.07, 6.45) is 0. The molecule has 0 aliphatic rings. The van der Waals surface area contributed by atoms with E-state index in [-0.39, 0.29) is 17.1 Å². The lowest BCUT2D eigenvalue weighted by atomic mass is 10.2. The number of rotatable bonds is 3. The smallest absolute Gasteiger partial charge is 0.271 e. The monoisotopic (exact) mass is 293 g/mol. The predicted molar refractivity (Wildman–Crippen MR) is 74.3 cm³/mol. The summed E-state index contributed by atoms with van der Waals surface area (Å²) in [5, 5.41) is 23.5. The molecule has 20 heavy (non-hydrogen) atoms. The van der Waals surface area contributed by atoms with Crippen LogP contribution in [-0.4, -0.2) is 20.9 Å². The van der Waals surface area contributed by atoms with Crippen LogP contribution in [0.15, 0.2) is 18.2 Å². The van der Waals surface area contributed by atoms with Crippen LogP contribution in [0.25, 0.3) is 0 Å². The second-order valence-electron chi connectivity index (χ2n) is 4.06. The Labute approximate surface area is 118 Å². The molecule has 0 fully saturated rings. The van der Waals surface area contributed by atoms with E-state index in [2.05, 4.69) is 10.3 Å². The highest BCUT2D eigenvalue weighted by Crippen LogP contribution is 2.29. The van der Waals surface area contributed by atoms with Crippen molar-refractivity contribution in [3.05, 3.63) is 43.9 Å². The van der Waals surface area contributed by atoms with Gasteiger partial charge in [0, 0.05) is 12.1 Å². The summed E-state index contributed by atoms with van der Waals surface area (Å²) in [6, 6.07) is 3.43. The fourth-order valence-electron chi connectivity index (χ4n) is 1.66. The molecule has 0 saturated heterocycles. The van der Waals surface area contributed by atoms with E-state index in [1.165, 1.54) is 17.4 Å². The van der Waals surface area contributed by atoms with Crippen molar-refractivity contribution in [2.75, 3.05) is 5.32 Å². The average Bonchev–Trinajstić information content (AvgIpc) is 2.71. The summed E-state index contributed by atoms with van der Waals surface area (Å²) < 4.78 is 0. The van der Waals surface area contributed by atoms with Gasteiger partial charge in [-0.3, -0.25) is 14.9 Å². The average molecular weight is 293 g/mol. The molecular formula is C12H11N3O4S. The zero-order valence-corrected chi connectivity index (χ0v) is 11.5. The van der Waals surface area contributed by atoms with Gasteiger partial charge in [0.1, 0.15) is 10.6 Å². The number of carbonyl (C=O) groups is 1. The second-order valence-corrected chi connectivity index (χ2v) is 5.26. The number of nitro groups is 1. The van der Waals surface area contributed by atoms with Crippen LogP contribution in [0.5, 0.6) is 5.75 Å². The first kappa shape index (κ1) is 13.9. The molecule has 1 aromatic heterocycles. The standard InChI is InChI=1S/C12H11N3O4S/c1-6-11(20-7(2)13-6)12(17)14-9-5-8(15(18)19)3-4-10(9)16/h3-5,16H,1-2H3,(H,14,17). The quantitative estimate of drug-likeness (QED) is 0.514. The third-order valence-electron chi connectivity index (χ3n) is 2.55. The van der Waals surface area contributed by atoms with E-state index in [1.807, 2.05) is 0 Å². The summed E-state index contributed by atoms with van der Waals surface area (Å²) in [7, 11) is 0. The Morgan fingerprint density at radius 3 is 2.70 bits per heavy atom. The lowest BCUT2D eigenvalue weighted by Crippen LogP contribution is -2.11. The van der Waals surface area contributed by atoms with Gasteiger partial charge in [0.15, 0.2) is 0 Å². The molecule has 2 N–H and O–H groups in total. The lowest BCUT2D eigenvalue weighted by molar-refractivity contribution is -0.384. The van der Waals surface area contributed by atoms with E-state index < -0.39 is 10.8 Å². The molecule has 0 aliphatic heterocycles. The van der Waals surface area contributed by atoms with Crippen LogP contribution < -0.4 is 5.32 Å². The van der Waals surface area contributed by atoms with Crippen LogP contribution >= 0.6 is 11.3 Å². The number of nitrogens with one attached hydrogen (secondary N) is 1. The summed E-state index contributed by atoms with van der Waals surface area (Å²) in [4.78, 5) is 26.7. The van der Waals surface area contributed by atoms with Gasteiger partial charge in [-0.2, -0.15) is 0 Å². The maximum absolute atomic E-state index is 12.1. The number of hydrogen-bond acceptors (Lipinski definition) is 6. The largest absolute Gasteiger partial charge is 0.506 e. The lowest BCUT2D eigenvalue weighted by Gasteiger charge is -2.06. The zero-order valence-electron chi connectivity index (χ0n) is 10.7. The van der Waals surface area contributed by atoms with Gasteiger partial charge in [-0.15, -0.1) is 11.3 Å². The molecule has 1 heterocycles. The normalized spacial score (nSPS) is 10.3. The predicted octanol–water partition coefficient (Wildman–Crippen LogP) is 2.63. The molecule has 0 unspecified atom stereocenters. The van der Waals surface area contributed by atoms with Crippen molar-refractivity contribution >= 4 is 28.6 Å². The minimum Gasteiger partial charge on any atom is -0.506 e. The number of phenols is 1. The number of amides is 1. The van der Waals surface area contributed by atoms with Crippen molar-refractivity contribution in [1.82, 2.24) is 4.98 Å². The Morgan fingerprint density at radius 1 is 1.45 bits per heavy atom. The topological polar surface area (TPSA) is 105 Å². The molecule has 2 rings (SSSR count). The van der Waals surface area contributed by atoms with Crippen molar-refractivity contribution in [3.63, 3.8) is 0 Å². The van der Waals surface area contributed by atoms with E-state index in [4.69, 9.17) is 0 Å². The molecule has 0 aliphatic carbocycles. The second kappa shape index (κ2) is 5.25. The molecule has 1 amide bonds. The Balaban J connectivity index is 2.30. The van der Waals surface area contributed by atoms with Crippen molar-refractivity contribution in [2.45, 2.75) is 13.8 Å². The Kier molecular flexibility index (Phi) is 3.66. The number of anilines is 1. The van der Waals surface area contributed by atoms with Crippen LogP contribution in [0, 0.1) is 24.0 Å². The third kappa shape index (κ3) is 2.75. The van der Waals surface area contributed by atoms with Gasteiger partial charge in [-0.25, -0.2) is 4.98 Å². The fraction of sp³-hybridized carbons (Fsp3) is 0.167. The minimum atomic E-state index is -0.600. The Morgan fingerprint density at radius 2 is 2.15 bits per heavy atom. The van der Waals surface area contributed by atoms with E-state index in [1.54, 1.807) is 13.8 Å². The number of carbonyl (C=O) groups excluding carboxylic acids is 1. The number of phenolic OH excluding ortho intramolecular Hbond substituents is 1. The molecule has 0 radical (unpaired) electrons. The fourth-order valence-corrected chi connectivity index (χ4v) is 2.47. The Bertz CT molecular complexity index is 696. The van der Waals surface area contributed by atoms with Gasteiger partial charge < -0.3 is 10.4 Å². The maximum atomic E-state index is 12.1. The highest BCUT2D eigenvalue weighted by molar-refractivity contribution is 7.13. The van der Waals surface area contributed by atoms with Gasteiger partial charge in [0.05, 0.1) is 21.3 Å². The van der Waals surface area contributed by atoms with Crippen molar-refractivity contribution in [1.29, 1.82) is 0 Å². The molecule has 7 nitrogen and oxygen atoms in total. The van der Waals surface area contributed by atoms with Gasteiger partial charge in [0.2, 0.25) is 0 Å². The molecule has 104 valence electrons. The third-order valence-corrected chi connectivity index (χ3v) is 3.62. The van der Waals surface area contributed by atoms with Crippen LogP contribution in [0.1, 0.15) is 20.4 Å². The molecule has 0 saturated carbocycles. The number of nitro benzene ring substituents is 1. The van der Waals surface area contributed by atoms with Gasteiger partial charge in [-0.05, 0) is 19.9 Å². The van der Waals surface area contributed by atoms with Gasteiger partial charge >= 0.3 is 0 Å². The molecule has 2 aromatic rings. The van der Waals surface area contributed by atoms with E-state index in [0.29, 0.717) is 10.6 Å². The number of nitrogens with zero attached hydrogens (tertiary/aromatic N) is 2. The molecular weight excluding hydrogens is 282 g/mol. The zero-order chi connectivity index (χ0) is 14.9. The van der Waals surface area contributed by atoms with E-state index in [0.717, 1.165) is 17.1 Å². The summed E-state index contributed by atoms with van der Waals surface area (Å²) in [5.41, 5.74) is 0.361. The van der Waals surface area contributed by atoms with Crippen LogP contribution in [-0.2, 0) is 0 Å². The number of aromatic hydroxyl groups is 1. The van der Waals surface area contributed by atoms with Crippen LogP contribution in [0.4, 0.5) is 11.4 Å². The first-order chi connectivity index (χ1) is 9.38. The van der Waals surface area contributed by atoms with E-state index >= 15 is 0 Å². The molecule has 0 atom stereocenters. The van der Waals surface area contributed by atoms with Gasteiger partial charge in [0.25, 0.3) is 11.6 Å².